The molecule has 4 heterocycles. The molecular formula is C18H21N5O. The number of carbonyl (C=O) groups excluding carboxylic acids is 1. The van der Waals surface area contributed by atoms with Gasteiger partial charge in [0.15, 0.2) is 0 Å². The molecule has 2 aliphatic rings. The summed E-state index contributed by atoms with van der Waals surface area (Å²) in [5.41, 5.74) is 1.81. The second-order valence-corrected chi connectivity index (χ2v) is 6.75. The van der Waals surface area contributed by atoms with E-state index in [9.17, 15) is 4.79 Å². The maximum absolute atomic E-state index is 13.1. The van der Waals surface area contributed by atoms with Crippen LogP contribution in [0.5, 0.6) is 0 Å². The third kappa shape index (κ3) is 2.78. The molecule has 1 amide bonds. The Bertz CT molecular complexity index is 708. The van der Waals surface area contributed by atoms with Crippen LogP contribution in [0.1, 0.15) is 24.8 Å². The van der Waals surface area contributed by atoms with Gasteiger partial charge >= 0.3 is 0 Å². The van der Waals surface area contributed by atoms with Crippen molar-refractivity contribution in [2.45, 2.75) is 25.8 Å². The summed E-state index contributed by atoms with van der Waals surface area (Å²) in [6.45, 7) is 3.52. The van der Waals surface area contributed by atoms with Gasteiger partial charge < -0.3 is 4.90 Å². The van der Waals surface area contributed by atoms with Crippen molar-refractivity contribution in [2.75, 3.05) is 24.5 Å². The predicted octanol–water partition coefficient (Wildman–Crippen LogP) is 1.89. The van der Waals surface area contributed by atoms with Gasteiger partial charge in [0.05, 0.1) is 23.5 Å². The first kappa shape index (κ1) is 15.2. The van der Waals surface area contributed by atoms with Crippen LogP contribution >= 0.6 is 0 Å². The zero-order chi connectivity index (χ0) is 16.4. The van der Waals surface area contributed by atoms with Gasteiger partial charge in [0, 0.05) is 32.0 Å². The summed E-state index contributed by atoms with van der Waals surface area (Å²) in [5, 5.41) is 0. The van der Waals surface area contributed by atoms with E-state index in [1.54, 1.807) is 12.4 Å². The van der Waals surface area contributed by atoms with Crippen LogP contribution in [-0.4, -0.2) is 45.4 Å². The topological polar surface area (TPSA) is 62.2 Å². The van der Waals surface area contributed by atoms with Crippen LogP contribution in [0.15, 0.2) is 43.2 Å². The maximum atomic E-state index is 13.1. The highest BCUT2D eigenvalue weighted by Gasteiger charge is 2.49. The predicted molar refractivity (Wildman–Crippen MR) is 90.2 cm³/mol. The zero-order valence-corrected chi connectivity index (χ0v) is 13.6. The third-order valence-corrected chi connectivity index (χ3v) is 5.18. The highest BCUT2D eigenvalue weighted by Crippen LogP contribution is 2.41. The molecule has 2 saturated heterocycles. The first-order chi connectivity index (χ1) is 11.8. The van der Waals surface area contributed by atoms with E-state index in [-0.39, 0.29) is 11.3 Å². The Balaban J connectivity index is 1.50. The molecule has 0 aromatic carbocycles. The van der Waals surface area contributed by atoms with Crippen molar-refractivity contribution in [3.8, 4) is 0 Å². The molecule has 6 nitrogen and oxygen atoms in total. The largest absolute Gasteiger partial charge is 0.309 e. The number of amides is 1. The quantitative estimate of drug-likeness (QED) is 0.863. The van der Waals surface area contributed by atoms with E-state index < -0.39 is 0 Å². The second-order valence-electron chi connectivity index (χ2n) is 6.75. The summed E-state index contributed by atoms with van der Waals surface area (Å²) >= 11 is 0. The lowest BCUT2D eigenvalue weighted by Gasteiger charge is -2.39. The van der Waals surface area contributed by atoms with Crippen LogP contribution in [0, 0.1) is 5.41 Å². The molecule has 0 radical (unpaired) electrons. The Morgan fingerprint density at radius 3 is 2.62 bits per heavy atom. The van der Waals surface area contributed by atoms with Crippen LogP contribution in [0.4, 0.5) is 5.69 Å². The van der Waals surface area contributed by atoms with Gasteiger partial charge in [-0.15, -0.1) is 0 Å². The highest BCUT2D eigenvalue weighted by atomic mass is 16.2. The van der Waals surface area contributed by atoms with Crippen LogP contribution in [-0.2, 0) is 11.3 Å². The van der Waals surface area contributed by atoms with Crippen molar-refractivity contribution in [3.05, 3.63) is 48.8 Å². The Hall–Kier alpha value is -2.34. The van der Waals surface area contributed by atoms with Gasteiger partial charge in [-0.2, -0.15) is 0 Å². The lowest BCUT2D eigenvalue weighted by Crippen LogP contribution is -2.47. The average Bonchev–Trinajstić information content (AvgIpc) is 2.93. The van der Waals surface area contributed by atoms with Crippen molar-refractivity contribution in [1.29, 1.82) is 0 Å². The first-order valence-electron chi connectivity index (χ1n) is 8.45. The number of nitrogens with zero attached hydrogens (tertiary/aromatic N) is 5. The van der Waals surface area contributed by atoms with Crippen LogP contribution < -0.4 is 4.90 Å². The van der Waals surface area contributed by atoms with Gasteiger partial charge in [0.25, 0.3) is 0 Å². The molecule has 1 atom stereocenters. The first-order valence-corrected chi connectivity index (χ1v) is 8.45. The molecule has 124 valence electrons. The summed E-state index contributed by atoms with van der Waals surface area (Å²) in [6.07, 6.45) is 11.5. The van der Waals surface area contributed by atoms with Gasteiger partial charge in [0.1, 0.15) is 6.33 Å². The molecule has 2 aliphatic heterocycles. The third-order valence-electron chi connectivity index (χ3n) is 5.18. The Labute approximate surface area is 141 Å². The molecule has 2 fully saturated rings. The number of likely N-dealkylation sites (tertiary alicyclic amines) is 1. The molecule has 2 aromatic rings. The number of piperidine rings is 1. The summed E-state index contributed by atoms with van der Waals surface area (Å²) in [5.74, 6) is 0.233. The van der Waals surface area contributed by atoms with Gasteiger partial charge in [-0.1, -0.05) is 0 Å². The van der Waals surface area contributed by atoms with Crippen molar-refractivity contribution < 1.29 is 4.79 Å². The van der Waals surface area contributed by atoms with E-state index in [0.29, 0.717) is 0 Å². The van der Waals surface area contributed by atoms with E-state index in [1.165, 1.54) is 11.9 Å². The Morgan fingerprint density at radius 1 is 1.04 bits per heavy atom. The van der Waals surface area contributed by atoms with Crippen molar-refractivity contribution >= 4 is 11.6 Å². The van der Waals surface area contributed by atoms with Crippen molar-refractivity contribution in [3.63, 3.8) is 0 Å². The van der Waals surface area contributed by atoms with E-state index >= 15 is 0 Å². The standard InChI is InChI=1S/C18H21N5O/c24-17-18(5-9-23(17)16-10-20-14-21-11-16)4-1-8-22(13-18)12-15-2-6-19-7-3-15/h2-3,6-7,10-11,14H,1,4-5,8-9,12-13H2/t18-/m0/s1. The lowest BCUT2D eigenvalue weighted by atomic mass is 9.78. The lowest BCUT2D eigenvalue weighted by molar-refractivity contribution is -0.128. The van der Waals surface area contributed by atoms with E-state index in [1.807, 2.05) is 29.4 Å². The van der Waals surface area contributed by atoms with Gasteiger partial charge in [-0.25, -0.2) is 9.97 Å². The fourth-order valence-electron chi connectivity index (χ4n) is 3.98. The minimum absolute atomic E-state index is 0.233. The van der Waals surface area contributed by atoms with Crippen LogP contribution in [0.3, 0.4) is 0 Å². The average molecular weight is 323 g/mol. The molecule has 1 spiro atoms. The number of aromatic nitrogens is 3. The molecule has 4 rings (SSSR count). The van der Waals surface area contributed by atoms with Gasteiger partial charge in [-0.05, 0) is 43.5 Å². The molecular weight excluding hydrogens is 302 g/mol. The smallest absolute Gasteiger partial charge is 0.234 e. The van der Waals surface area contributed by atoms with Gasteiger partial charge in [0.2, 0.25) is 5.91 Å². The SMILES string of the molecule is O=C1N(c2cncnc2)CC[C@]12CCCN(Cc1ccncc1)C2. The number of pyridine rings is 1. The van der Waals surface area contributed by atoms with Gasteiger partial charge in [-0.3, -0.25) is 14.7 Å². The number of hydrogen-bond acceptors (Lipinski definition) is 5. The number of rotatable bonds is 3. The second kappa shape index (κ2) is 6.28. The van der Waals surface area contributed by atoms with Crippen molar-refractivity contribution in [2.24, 2.45) is 5.41 Å². The molecule has 0 unspecified atom stereocenters. The fraction of sp³-hybridized carbons (Fsp3) is 0.444. The Kier molecular flexibility index (Phi) is 3.98. The molecule has 6 heteroatoms. The monoisotopic (exact) mass is 323 g/mol. The molecule has 2 aromatic heterocycles. The number of anilines is 1. The van der Waals surface area contributed by atoms with Crippen molar-refractivity contribution in [1.82, 2.24) is 19.9 Å². The molecule has 24 heavy (non-hydrogen) atoms. The minimum atomic E-state index is -0.249. The summed E-state index contributed by atoms with van der Waals surface area (Å²) in [7, 11) is 0. The van der Waals surface area contributed by atoms with E-state index in [0.717, 1.165) is 51.1 Å². The summed E-state index contributed by atoms with van der Waals surface area (Å²) in [4.78, 5) is 29.5. The minimum Gasteiger partial charge on any atom is -0.309 e. The number of hydrogen-bond donors (Lipinski definition) is 0. The number of carbonyl (C=O) groups is 1. The Morgan fingerprint density at radius 2 is 1.83 bits per heavy atom. The fourth-order valence-corrected chi connectivity index (χ4v) is 3.98. The molecule has 0 bridgehead atoms. The molecule has 0 N–H and O–H groups in total. The highest BCUT2D eigenvalue weighted by molar-refractivity contribution is 5.99. The van der Waals surface area contributed by atoms with E-state index in [4.69, 9.17) is 0 Å². The maximum Gasteiger partial charge on any atom is 0.234 e. The summed E-state index contributed by atoms with van der Waals surface area (Å²) < 4.78 is 0. The molecule has 0 aliphatic carbocycles. The van der Waals surface area contributed by atoms with E-state index in [2.05, 4.69) is 19.9 Å². The van der Waals surface area contributed by atoms with Crippen LogP contribution in [0.2, 0.25) is 0 Å². The zero-order valence-electron chi connectivity index (χ0n) is 13.6. The normalized spacial score (nSPS) is 24.7. The summed E-state index contributed by atoms with van der Waals surface area (Å²) in [6, 6.07) is 4.09. The molecule has 0 saturated carbocycles. The van der Waals surface area contributed by atoms with Crippen LogP contribution in [0.25, 0.3) is 0 Å².